The number of nitrogens with one attached hydrogen (secondary N) is 5. The number of carbonyl (C=O) groups is 6. The van der Waals surface area contributed by atoms with E-state index in [2.05, 4.69) is 26.6 Å². The minimum atomic E-state index is -1.11. The second kappa shape index (κ2) is 22.5. The van der Waals surface area contributed by atoms with Crippen LogP contribution in [-0.4, -0.2) is 79.1 Å². The Balaban J connectivity index is 1.60. The van der Waals surface area contributed by atoms with E-state index in [0.717, 1.165) is 11.1 Å². The van der Waals surface area contributed by atoms with Crippen LogP contribution in [0.3, 0.4) is 0 Å². The van der Waals surface area contributed by atoms with Crippen LogP contribution in [0.25, 0.3) is 0 Å². The van der Waals surface area contributed by atoms with Crippen LogP contribution in [0.5, 0.6) is 5.75 Å². The number of carbonyl (C=O) groups excluding carboxylic acids is 6. The van der Waals surface area contributed by atoms with Gasteiger partial charge < -0.3 is 40.8 Å². The Kier molecular flexibility index (Phi) is 17.8. The molecule has 0 aliphatic heterocycles. The molecule has 3 aromatic carbocycles. The van der Waals surface area contributed by atoms with Gasteiger partial charge >= 0.3 is 12.1 Å². The van der Waals surface area contributed by atoms with Gasteiger partial charge in [0, 0.05) is 12.8 Å². The fraction of sp³-hybridized carbons (Fsp3) is 0.429. The molecule has 14 heteroatoms. The van der Waals surface area contributed by atoms with Gasteiger partial charge in [-0.05, 0) is 68.9 Å². The second-order valence-corrected chi connectivity index (χ2v) is 14.6. The largest absolute Gasteiger partial charge is 0.489 e. The van der Waals surface area contributed by atoms with Crippen LogP contribution in [0.1, 0.15) is 64.7 Å². The average molecular weight is 774 g/mol. The lowest BCUT2D eigenvalue weighted by Crippen LogP contribution is -2.55. The van der Waals surface area contributed by atoms with Crippen LogP contribution in [-0.2, 0) is 52.9 Å². The van der Waals surface area contributed by atoms with Gasteiger partial charge in [0.05, 0.1) is 19.7 Å². The number of benzene rings is 3. The molecule has 0 spiro atoms. The fourth-order valence-electron chi connectivity index (χ4n) is 5.39. The van der Waals surface area contributed by atoms with E-state index in [0.29, 0.717) is 24.3 Å². The summed E-state index contributed by atoms with van der Waals surface area (Å²) < 4.78 is 16.4. The highest BCUT2D eigenvalue weighted by atomic mass is 16.6. The molecule has 0 aliphatic rings. The Hall–Kier alpha value is -5.92. The summed E-state index contributed by atoms with van der Waals surface area (Å²) in [6, 6.07) is 22.7. The molecule has 0 unspecified atom stereocenters. The van der Waals surface area contributed by atoms with E-state index in [4.69, 9.17) is 14.2 Å². The summed E-state index contributed by atoms with van der Waals surface area (Å²) >= 11 is 0. The van der Waals surface area contributed by atoms with E-state index in [1.165, 1.54) is 0 Å². The summed E-state index contributed by atoms with van der Waals surface area (Å²) in [4.78, 5) is 77.8. The fourth-order valence-corrected chi connectivity index (χ4v) is 5.39. The van der Waals surface area contributed by atoms with Crippen LogP contribution < -0.4 is 31.3 Å². The summed E-state index contributed by atoms with van der Waals surface area (Å²) in [5.41, 5.74) is 1.66. The molecule has 0 saturated heterocycles. The molecule has 5 N–H and O–H groups in total. The van der Waals surface area contributed by atoms with Crippen LogP contribution >= 0.6 is 0 Å². The smallest absolute Gasteiger partial charge is 0.408 e. The zero-order valence-electron chi connectivity index (χ0n) is 33.0. The highest BCUT2D eigenvalue weighted by molar-refractivity contribution is 5.93. The van der Waals surface area contributed by atoms with Crippen molar-refractivity contribution in [2.75, 3.05) is 19.7 Å². The van der Waals surface area contributed by atoms with Crippen molar-refractivity contribution >= 4 is 35.7 Å². The average Bonchev–Trinajstić information content (AvgIpc) is 3.15. The monoisotopic (exact) mass is 773 g/mol. The van der Waals surface area contributed by atoms with Crippen LogP contribution in [0.2, 0.25) is 0 Å². The first-order valence-corrected chi connectivity index (χ1v) is 18.7. The molecule has 0 bridgehead atoms. The first kappa shape index (κ1) is 44.5. The molecule has 0 heterocycles. The molecule has 302 valence electrons. The number of rotatable bonds is 20. The van der Waals surface area contributed by atoms with Crippen molar-refractivity contribution in [2.45, 2.75) is 91.1 Å². The maximum absolute atomic E-state index is 13.4. The summed E-state index contributed by atoms with van der Waals surface area (Å²) in [6.07, 6.45) is -0.279. The van der Waals surface area contributed by atoms with Gasteiger partial charge in [0.15, 0.2) is 0 Å². The summed E-state index contributed by atoms with van der Waals surface area (Å²) in [5.74, 6) is -2.47. The first-order valence-electron chi connectivity index (χ1n) is 18.7. The first-order chi connectivity index (χ1) is 26.6. The number of alkyl carbamates (subject to hydrolysis) is 1. The maximum Gasteiger partial charge on any atom is 0.408 e. The van der Waals surface area contributed by atoms with Crippen molar-refractivity contribution in [3.8, 4) is 5.75 Å². The highest BCUT2D eigenvalue weighted by Crippen LogP contribution is 2.16. The van der Waals surface area contributed by atoms with Gasteiger partial charge in [-0.3, -0.25) is 19.2 Å². The van der Waals surface area contributed by atoms with Crippen LogP contribution in [0, 0.1) is 5.92 Å². The van der Waals surface area contributed by atoms with Crippen molar-refractivity contribution in [1.82, 2.24) is 26.6 Å². The van der Waals surface area contributed by atoms with E-state index in [9.17, 15) is 28.8 Å². The van der Waals surface area contributed by atoms with Gasteiger partial charge in [-0.25, -0.2) is 9.59 Å². The summed E-state index contributed by atoms with van der Waals surface area (Å²) in [6.45, 7) is 10.1. The van der Waals surface area contributed by atoms with Crippen molar-refractivity contribution in [3.05, 3.63) is 102 Å². The minimum absolute atomic E-state index is 0.0722. The second-order valence-electron chi connectivity index (χ2n) is 14.6. The number of amides is 5. The van der Waals surface area contributed by atoms with Crippen molar-refractivity contribution in [2.24, 2.45) is 5.92 Å². The topological polar surface area (TPSA) is 190 Å². The van der Waals surface area contributed by atoms with E-state index >= 15 is 0 Å². The molecular formula is C42H55N5O9. The van der Waals surface area contributed by atoms with E-state index in [1.807, 2.05) is 50.2 Å². The standard InChI is InChI=1S/C42H55N5O9/c1-7-54-40(52)35(22-28(2)3)46-39(51)34(23-29-14-10-8-11-15-29)45-37(49)26-43-36(48)25-44-38(50)33(47-41(53)56-42(4,5)6)24-30-18-20-32(21-19-30)55-27-31-16-12-9-13-17-31/h8-21,28,33-35H,7,22-27H2,1-6H3,(H,43,48)(H,44,50)(H,45,49)(H,46,51)(H,47,53)/t33-,34-,35-/m0/s1. The molecule has 0 aliphatic carbocycles. The van der Waals surface area contributed by atoms with E-state index in [1.54, 1.807) is 76.2 Å². The third-order valence-corrected chi connectivity index (χ3v) is 8.02. The third-order valence-electron chi connectivity index (χ3n) is 8.02. The Morgan fingerprint density at radius 1 is 0.625 bits per heavy atom. The zero-order valence-corrected chi connectivity index (χ0v) is 33.0. The lowest BCUT2D eigenvalue weighted by atomic mass is 10.0. The van der Waals surface area contributed by atoms with Gasteiger partial charge in [0.1, 0.15) is 36.1 Å². The highest BCUT2D eigenvalue weighted by Gasteiger charge is 2.29. The van der Waals surface area contributed by atoms with Crippen molar-refractivity contribution < 1.29 is 43.0 Å². The molecule has 0 fully saturated rings. The number of ether oxygens (including phenoxy) is 3. The van der Waals surface area contributed by atoms with Gasteiger partial charge in [0.2, 0.25) is 23.6 Å². The Morgan fingerprint density at radius 3 is 1.75 bits per heavy atom. The maximum atomic E-state index is 13.4. The van der Waals surface area contributed by atoms with Gasteiger partial charge in [-0.1, -0.05) is 86.6 Å². The molecule has 3 aromatic rings. The van der Waals surface area contributed by atoms with Crippen molar-refractivity contribution in [3.63, 3.8) is 0 Å². The molecule has 0 saturated carbocycles. The van der Waals surface area contributed by atoms with E-state index < -0.39 is 72.5 Å². The molecular weight excluding hydrogens is 718 g/mol. The molecule has 0 aromatic heterocycles. The van der Waals surface area contributed by atoms with Crippen LogP contribution in [0.15, 0.2) is 84.9 Å². The Labute approximate surface area is 328 Å². The minimum Gasteiger partial charge on any atom is -0.489 e. The lowest BCUT2D eigenvalue weighted by Gasteiger charge is -2.24. The molecule has 14 nitrogen and oxygen atoms in total. The SMILES string of the molecule is CCOC(=O)[C@H](CC(C)C)NC(=O)[C@H](Cc1ccccc1)NC(=O)CNC(=O)CNC(=O)[C@H](Cc1ccc(OCc2ccccc2)cc1)NC(=O)OC(C)(C)C. The molecule has 56 heavy (non-hydrogen) atoms. The molecule has 0 radical (unpaired) electrons. The predicted molar refractivity (Wildman–Crippen MR) is 210 cm³/mol. The number of hydrogen-bond acceptors (Lipinski definition) is 9. The van der Waals surface area contributed by atoms with Crippen molar-refractivity contribution in [1.29, 1.82) is 0 Å². The molecule has 3 rings (SSSR count). The van der Waals surface area contributed by atoms with Gasteiger partial charge in [-0.2, -0.15) is 0 Å². The summed E-state index contributed by atoms with van der Waals surface area (Å²) in [5, 5.41) is 12.9. The van der Waals surface area contributed by atoms with Crippen LogP contribution in [0.4, 0.5) is 4.79 Å². The Bertz CT molecular complexity index is 1730. The van der Waals surface area contributed by atoms with Gasteiger partial charge in [-0.15, -0.1) is 0 Å². The zero-order chi connectivity index (χ0) is 41.1. The number of esters is 1. The van der Waals surface area contributed by atoms with Gasteiger partial charge in [0.25, 0.3) is 0 Å². The third kappa shape index (κ3) is 17.0. The van der Waals surface area contributed by atoms with E-state index in [-0.39, 0.29) is 25.4 Å². The molecule has 3 atom stereocenters. The number of hydrogen-bond donors (Lipinski definition) is 5. The lowest BCUT2D eigenvalue weighted by molar-refractivity contribution is -0.148. The Morgan fingerprint density at radius 2 is 1.18 bits per heavy atom. The predicted octanol–water partition coefficient (Wildman–Crippen LogP) is 3.76. The quantitative estimate of drug-likeness (QED) is 0.107. The normalized spacial score (nSPS) is 12.6. The molecule has 5 amide bonds. The summed E-state index contributed by atoms with van der Waals surface area (Å²) in [7, 11) is 0.